The summed E-state index contributed by atoms with van der Waals surface area (Å²) in [6, 6.07) is 11.6. The van der Waals surface area contributed by atoms with E-state index in [0.717, 1.165) is 42.0 Å². The van der Waals surface area contributed by atoms with Gasteiger partial charge in [0.2, 0.25) is 0 Å². The third kappa shape index (κ3) is 4.67. The van der Waals surface area contributed by atoms with Crippen LogP contribution in [0.25, 0.3) is 11.1 Å². The van der Waals surface area contributed by atoms with E-state index in [1.807, 2.05) is 42.6 Å². The molecule has 0 saturated carbocycles. The molecule has 0 unspecified atom stereocenters. The first-order valence-electron chi connectivity index (χ1n) is 7.52. The van der Waals surface area contributed by atoms with E-state index in [1.165, 1.54) is 0 Å². The van der Waals surface area contributed by atoms with Crippen LogP contribution in [-0.4, -0.2) is 42.9 Å². The number of hydrogen-bond donors (Lipinski definition) is 1. The van der Waals surface area contributed by atoms with Crippen LogP contribution in [0.4, 0.5) is 5.82 Å². The lowest BCUT2D eigenvalue weighted by molar-refractivity contribution is 0.101. The topological polar surface area (TPSA) is 45.2 Å². The van der Waals surface area contributed by atoms with E-state index >= 15 is 0 Å². The minimum absolute atomic E-state index is 0.0778. The Bertz CT molecular complexity index is 620. The van der Waals surface area contributed by atoms with Crippen molar-refractivity contribution in [3.05, 3.63) is 48.2 Å². The van der Waals surface area contributed by atoms with E-state index in [4.69, 9.17) is 0 Å². The largest absolute Gasteiger partial charge is 0.370 e. The lowest BCUT2D eigenvalue weighted by Crippen LogP contribution is -2.16. The van der Waals surface area contributed by atoms with Crippen LogP contribution in [0.1, 0.15) is 23.7 Å². The standard InChI is InChI=1S/C18H23N3O/c1-14(22)15-6-4-7-16(12-15)17-8-9-18(20-13-17)19-10-5-11-21(2)3/h4,6-9,12-13H,5,10-11H2,1-3H3,(H,19,20). The molecule has 0 fully saturated rings. The lowest BCUT2D eigenvalue weighted by Gasteiger charge is -2.10. The molecule has 0 aliphatic heterocycles. The SMILES string of the molecule is CC(=O)c1cccc(-c2ccc(NCCCN(C)C)nc2)c1. The summed E-state index contributed by atoms with van der Waals surface area (Å²) in [7, 11) is 4.14. The zero-order valence-corrected chi connectivity index (χ0v) is 13.5. The van der Waals surface area contributed by atoms with E-state index in [-0.39, 0.29) is 5.78 Å². The van der Waals surface area contributed by atoms with Crippen molar-refractivity contribution in [1.82, 2.24) is 9.88 Å². The number of benzene rings is 1. The molecular formula is C18H23N3O. The Balaban J connectivity index is 1.99. The predicted octanol–water partition coefficient (Wildman–Crippen LogP) is 3.31. The van der Waals surface area contributed by atoms with Gasteiger partial charge in [-0.25, -0.2) is 4.98 Å². The maximum Gasteiger partial charge on any atom is 0.159 e. The number of hydrogen-bond acceptors (Lipinski definition) is 4. The summed E-state index contributed by atoms with van der Waals surface area (Å²) in [6.07, 6.45) is 2.92. The summed E-state index contributed by atoms with van der Waals surface area (Å²) in [4.78, 5) is 18.1. The second-order valence-corrected chi connectivity index (χ2v) is 5.65. The number of aromatic nitrogens is 1. The summed E-state index contributed by atoms with van der Waals surface area (Å²) >= 11 is 0. The summed E-state index contributed by atoms with van der Waals surface area (Å²) in [5.41, 5.74) is 2.75. The Morgan fingerprint density at radius 3 is 2.64 bits per heavy atom. The van der Waals surface area contributed by atoms with E-state index in [2.05, 4.69) is 29.3 Å². The highest BCUT2D eigenvalue weighted by molar-refractivity contribution is 5.95. The van der Waals surface area contributed by atoms with Gasteiger partial charge in [0.25, 0.3) is 0 Å². The molecule has 0 atom stereocenters. The molecule has 4 heteroatoms. The van der Waals surface area contributed by atoms with Crippen molar-refractivity contribution in [2.45, 2.75) is 13.3 Å². The number of Topliss-reactive ketones (excluding diaryl/α,β-unsaturated/α-hetero) is 1. The molecular weight excluding hydrogens is 274 g/mol. The van der Waals surface area contributed by atoms with Crippen LogP contribution < -0.4 is 5.32 Å². The Kier molecular flexibility index (Phi) is 5.67. The van der Waals surface area contributed by atoms with Crippen LogP contribution in [0.2, 0.25) is 0 Å². The van der Waals surface area contributed by atoms with Gasteiger partial charge in [-0.05, 0) is 57.7 Å². The normalized spacial score (nSPS) is 10.7. The smallest absolute Gasteiger partial charge is 0.159 e. The summed E-state index contributed by atoms with van der Waals surface area (Å²) < 4.78 is 0. The zero-order valence-electron chi connectivity index (χ0n) is 13.5. The van der Waals surface area contributed by atoms with E-state index in [1.54, 1.807) is 6.92 Å². The Morgan fingerprint density at radius 2 is 2.00 bits per heavy atom. The highest BCUT2D eigenvalue weighted by Crippen LogP contribution is 2.21. The monoisotopic (exact) mass is 297 g/mol. The molecule has 1 heterocycles. The van der Waals surface area contributed by atoms with Gasteiger partial charge in [-0.15, -0.1) is 0 Å². The molecule has 1 aromatic carbocycles. The number of nitrogens with one attached hydrogen (secondary N) is 1. The van der Waals surface area contributed by atoms with Gasteiger partial charge < -0.3 is 10.2 Å². The molecule has 0 aliphatic carbocycles. The number of pyridine rings is 1. The van der Waals surface area contributed by atoms with Crippen LogP contribution in [0.3, 0.4) is 0 Å². The van der Waals surface area contributed by atoms with Crippen LogP contribution in [0.5, 0.6) is 0 Å². The quantitative estimate of drug-likeness (QED) is 0.629. The predicted molar refractivity (Wildman–Crippen MR) is 91.3 cm³/mol. The first-order valence-corrected chi connectivity index (χ1v) is 7.52. The van der Waals surface area contributed by atoms with Gasteiger partial charge >= 0.3 is 0 Å². The van der Waals surface area contributed by atoms with Crippen molar-refractivity contribution >= 4 is 11.6 Å². The van der Waals surface area contributed by atoms with Gasteiger partial charge in [-0.3, -0.25) is 4.79 Å². The molecule has 2 rings (SSSR count). The van der Waals surface area contributed by atoms with E-state index < -0.39 is 0 Å². The summed E-state index contributed by atoms with van der Waals surface area (Å²) in [5, 5.41) is 3.32. The number of rotatable bonds is 7. The van der Waals surface area contributed by atoms with Crippen molar-refractivity contribution in [3.63, 3.8) is 0 Å². The molecule has 0 amide bonds. The van der Waals surface area contributed by atoms with Crippen molar-refractivity contribution in [2.24, 2.45) is 0 Å². The lowest BCUT2D eigenvalue weighted by atomic mass is 10.0. The second-order valence-electron chi connectivity index (χ2n) is 5.65. The number of carbonyl (C=O) groups excluding carboxylic acids is 1. The fraction of sp³-hybridized carbons (Fsp3) is 0.333. The third-order valence-corrected chi connectivity index (χ3v) is 3.45. The molecule has 116 valence electrons. The van der Waals surface area contributed by atoms with Crippen LogP contribution >= 0.6 is 0 Å². The number of nitrogens with zero attached hydrogens (tertiary/aromatic N) is 2. The Labute approximate surface area is 132 Å². The highest BCUT2D eigenvalue weighted by atomic mass is 16.1. The van der Waals surface area contributed by atoms with Crippen molar-refractivity contribution in [2.75, 3.05) is 32.5 Å². The minimum Gasteiger partial charge on any atom is -0.370 e. The molecule has 0 saturated heterocycles. The molecule has 1 N–H and O–H groups in total. The summed E-state index contributed by atoms with van der Waals surface area (Å²) in [6.45, 7) is 3.55. The number of anilines is 1. The number of ketones is 1. The van der Waals surface area contributed by atoms with Gasteiger partial charge in [-0.2, -0.15) is 0 Å². The van der Waals surface area contributed by atoms with Crippen LogP contribution in [0.15, 0.2) is 42.6 Å². The summed E-state index contributed by atoms with van der Waals surface area (Å²) in [5.74, 6) is 0.958. The molecule has 4 nitrogen and oxygen atoms in total. The fourth-order valence-electron chi connectivity index (χ4n) is 2.20. The molecule has 0 aliphatic rings. The third-order valence-electron chi connectivity index (χ3n) is 3.45. The van der Waals surface area contributed by atoms with Gasteiger partial charge in [0.05, 0.1) is 0 Å². The molecule has 0 bridgehead atoms. The first kappa shape index (κ1) is 16.2. The van der Waals surface area contributed by atoms with Crippen molar-refractivity contribution in [1.29, 1.82) is 0 Å². The number of carbonyl (C=O) groups is 1. The fourth-order valence-corrected chi connectivity index (χ4v) is 2.20. The van der Waals surface area contributed by atoms with Crippen molar-refractivity contribution < 1.29 is 4.79 Å². The van der Waals surface area contributed by atoms with Gasteiger partial charge in [0.15, 0.2) is 5.78 Å². The molecule has 1 aromatic heterocycles. The van der Waals surface area contributed by atoms with Gasteiger partial charge in [0, 0.05) is 23.9 Å². The van der Waals surface area contributed by atoms with Crippen LogP contribution in [-0.2, 0) is 0 Å². The van der Waals surface area contributed by atoms with Gasteiger partial charge in [-0.1, -0.05) is 18.2 Å². The van der Waals surface area contributed by atoms with Gasteiger partial charge in [0.1, 0.15) is 5.82 Å². The first-order chi connectivity index (χ1) is 10.6. The zero-order chi connectivity index (χ0) is 15.9. The maximum absolute atomic E-state index is 11.4. The van der Waals surface area contributed by atoms with Crippen LogP contribution in [0, 0.1) is 0 Å². The Morgan fingerprint density at radius 1 is 1.18 bits per heavy atom. The van der Waals surface area contributed by atoms with E-state index in [0.29, 0.717) is 0 Å². The minimum atomic E-state index is 0.0778. The van der Waals surface area contributed by atoms with E-state index in [9.17, 15) is 4.79 Å². The maximum atomic E-state index is 11.4. The Hall–Kier alpha value is -2.20. The highest BCUT2D eigenvalue weighted by Gasteiger charge is 2.03. The van der Waals surface area contributed by atoms with Crippen molar-refractivity contribution in [3.8, 4) is 11.1 Å². The molecule has 0 spiro atoms. The molecule has 2 aromatic rings. The second kappa shape index (κ2) is 7.71. The average Bonchev–Trinajstić information content (AvgIpc) is 2.52. The molecule has 0 radical (unpaired) electrons. The molecule has 22 heavy (non-hydrogen) atoms. The average molecular weight is 297 g/mol.